The summed E-state index contributed by atoms with van der Waals surface area (Å²) in [6.07, 6.45) is 4.03. The molecule has 2 N–H and O–H groups in total. The Kier molecular flexibility index (Phi) is 6.75. The normalized spacial score (nSPS) is 27.1. The lowest BCUT2D eigenvalue weighted by Crippen LogP contribution is -2.30. The van der Waals surface area contributed by atoms with Gasteiger partial charge in [0.2, 0.25) is 5.91 Å². The van der Waals surface area contributed by atoms with E-state index in [0.717, 1.165) is 24.5 Å². The van der Waals surface area contributed by atoms with E-state index in [4.69, 9.17) is 11.6 Å². The first-order valence-corrected chi connectivity index (χ1v) is 8.77. The molecule has 1 aliphatic heterocycles. The van der Waals surface area contributed by atoms with Gasteiger partial charge < -0.3 is 10.6 Å². The summed E-state index contributed by atoms with van der Waals surface area (Å²) in [6, 6.07) is 8.04. The Morgan fingerprint density at radius 1 is 1.39 bits per heavy atom. The molecule has 128 valence electrons. The molecule has 3 rings (SSSR count). The first-order chi connectivity index (χ1) is 10.6. The van der Waals surface area contributed by atoms with Gasteiger partial charge in [0.05, 0.1) is 6.04 Å². The summed E-state index contributed by atoms with van der Waals surface area (Å²) in [4.78, 5) is 12.3. The van der Waals surface area contributed by atoms with Gasteiger partial charge in [-0.15, -0.1) is 12.4 Å². The van der Waals surface area contributed by atoms with E-state index in [1.807, 2.05) is 24.3 Å². The van der Waals surface area contributed by atoms with E-state index in [1.54, 1.807) is 0 Å². The maximum Gasteiger partial charge on any atom is 0.220 e. The molecule has 0 radical (unpaired) electrons. The summed E-state index contributed by atoms with van der Waals surface area (Å²) in [5.74, 6) is 2.11. The standard InChI is InChI=1S/C18H25ClN2O.ClH/c1-12-10-16(12)18(14-3-5-15(19)6-4-14)21-17(22)7-2-13-8-9-20-11-13;/h3-6,12-13,16,18,20H,2,7-11H2,1H3,(H,21,22);1H. The number of amides is 1. The summed E-state index contributed by atoms with van der Waals surface area (Å²) in [6.45, 7) is 4.41. The highest BCUT2D eigenvalue weighted by atomic mass is 35.5. The molecule has 5 heteroatoms. The molecule has 1 aromatic rings. The van der Waals surface area contributed by atoms with Crippen molar-refractivity contribution in [2.45, 2.75) is 38.6 Å². The maximum atomic E-state index is 12.3. The number of carbonyl (C=O) groups is 1. The van der Waals surface area contributed by atoms with E-state index in [-0.39, 0.29) is 24.4 Å². The van der Waals surface area contributed by atoms with Crippen LogP contribution in [0.2, 0.25) is 5.02 Å². The highest BCUT2D eigenvalue weighted by Gasteiger charge is 2.40. The molecule has 1 heterocycles. The minimum atomic E-state index is 0. The van der Waals surface area contributed by atoms with Crippen molar-refractivity contribution in [3.63, 3.8) is 0 Å². The zero-order chi connectivity index (χ0) is 15.5. The van der Waals surface area contributed by atoms with Crippen molar-refractivity contribution in [2.24, 2.45) is 17.8 Å². The largest absolute Gasteiger partial charge is 0.349 e. The molecular formula is C18H26Cl2N2O. The number of carbonyl (C=O) groups excluding carboxylic acids is 1. The minimum Gasteiger partial charge on any atom is -0.349 e. The van der Waals surface area contributed by atoms with Crippen LogP contribution in [0.15, 0.2) is 24.3 Å². The summed E-state index contributed by atoms with van der Waals surface area (Å²) in [7, 11) is 0. The van der Waals surface area contributed by atoms with Crippen molar-refractivity contribution in [2.75, 3.05) is 13.1 Å². The number of nitrogens with one attached hydrogen (secondary N) is 2. The lowest BCUT2D eigenvalue weighted by atomic mass is 9.99. The second kappa shape index (κ2) is 8.36. The van der Waals surface area contributed by atoms with Crippen molar-refractivity contribution in [3.8, 4) is 0 Å². The van der Waals surface area contributed by atoms with Crippen LogP contribution in [0.1, 0.15) is 44.2 Å². The van der Waals surface area contributed by atoms with Crippen molar-refractivity contribution in [1.29, 1.82) is 0 Å². The van der Waals surface area contributed by atoms with Crippen LogP contribution >= 0.6 is 24.0 Å². The van der Waals surface area contributed by atoms with Gasteiger partial charge in [-0.3, -0.25) is 4.79 Å². The van der Waals surface area contributed by atoms with E-state index in [1.165, 1.54) is 18.4 Å². The van der Waals surface area contributed by atoms with Crippen molar-refractivity contribution >= 4 is 29.9 Å². The van der Waals surface area contributed by atoms with E-state index >= 15 is 0 Å². The third kappa shape index (κ3) is 5.10. The molecule has 2 aliphatic rings. The minimum absolute atomic E-state index is 0. The average molecular weight is 357 g/mol. The summed E-state index contributed by atoms with van der Waals surface area (Å²) in [5, 5.41) is 7.37. The number of hydrogen-bond acceptors (Lipinski definition) is 2. The Balaban J connectivity index is 0.00000192. The molecule has 0 spiro atoms. The fraction of sp³-hybridized carbons (Fsp3) is 0.611. The molecule has 3 nitrogen and oxygen atoms in total. The average Bonchev–Trinajstić information content (AvgIpc) is 3.01. The SMILES string of the molecule is CC1CC1C(NC(=O)CCC1CCNC1)c1ccc(Cl)cc1.Cl. The molecule has 23 heavy (non-hydrogen) atoms. The Hall–Kier alpha value is -0.770. The lowest BCUT2D eigenvalue weighted by Gasteiger charge is -2.20. The predicted molar refractivity (Wildman–Crippen MR) is 97.1 cm³/mol. The van der Waals surface area contributed by atoms with Gasteiger partial charge in [-0.05, 0) is 67.8 Å². The van der Waals surface area contributed by atoms with Crippen LogP contribution in [0, 0.1) is 17.8 Å². The van der Waals surface area contributed by atoms with Gasteiger partial charge in [0, 0.05) is 11.4 Å². The van der Waals surface area contributed by atoms with Crippen LogP contribution in [0.4, 0.5) is 0 Å². The molecule has 1 aromatic carbocycles. The van der Waals surface area contributed by atoms with Gasteiger partial charge in [0.15, 0.2) is 0 Å². The first kappa shape index (κ1) is 18.6. The summed E-state index contributed by atoms with van der Waals surface area (Å²) >= 11 is 5.98. The second-order valence-electron chi connectivity index (χ2n) is 6.87. The molecule has 2 fully saturated rings. The van der Waals surface area contributed by atoms with E-state index in [9.17, 15) is 4.79 Å². The maximum absolute atomic E-state index is 12.3. The molecule has 1 saturated heterocycles. The zero-order valence-corrected chi connectivity index (χ0v) is 15.1. The molecule has 0 aromatic heterocycles. The van der Waals surface area contributed by atoms with E-state index in [0.29, 0.717) is 24.2 Å². The number of rotatable bonds is 6. The Bertz CT molecular complexity index is 514. The molecule has 1 saturated carbocycles. The van der Waals surface area contributed by atoms with Crippen molar-refractivity contribution in [1.82, 2.24) is 10.6 Å². The first-order valence-electron chi connectivity index (χ1n) is 8.39. The molecule has 1 aliphatic carbocycles. The highest BCUT2D eigenvalue weighted by molar-refractivity contribution is 6.30. The number of benzene rings is 1. The second-order valence-corrected chi connectivity index (χ2v) is 7.31. The van der Waals surface area contributed by atoms with Crippen LogP contribution < -0.4 is 10.6 Å². The number of halogens is 2. The van der Waals surface area contributed by atoms with Crippen LogP contribution in [-0.2, 0) is 4.79 Å². The van der Waals surface area contributed by atoms with Gasteiger partial charge >= 0.3 is 0 Å². The number of hydrogen-bond donors (Lipinski definition) is 2. The Morgan fingerprint density at radius 2 is 2.09 bits per heavy atom. The molecule has 4 unspecified atom stereocenters. The van der Waals surface area contributed by atoms with Crippen LogP contribution in [0.25, 0.3) is 0 Å². The van der Waals surface area contributed by atoms with Gasteiger partial charge in [-0.1, -0.05) is 30.7 Å². The van der Waals surface area contributed by atoms with Gasteiger partial charge in [0.1, 0.15) is 0 Å². The van der Waals surface area contributed by atoms with E-state index < -0.39 is 0 Å². The van der Waals surface area contributed by atoms with Crippen molar-refractivity contribution in [3.05, 3.63) is 34.9 Å². The van der Waals surface area contributed by atoms with Gasteiger partial charge in [-0.2, -0.15) is 0 Å². The van der Waals surface area contributed by atoms with Crippen LogP contribution in [-0.4, -0.2) is 19.0 Å². The quantitative estimate of drug-likeness (QED) is 0.809. The van der Waals surface area contributed by atoms with Crippen molar-refractivity contribution < 1.29 is 4.79 Å². The Labute approximate surface area is 150 Å². The highest BCUT2D eigenvalue weighted by Crippen LogP contribution is 2.47. The molecule has 0 bridgehead atoms. The lowest BCUT2D eigenvalue weighted by molar-refractivity contribution is -0.122. The summed E-state index contributed by atoms with van der Waals surface area (Å²) in [5.41, 5.74) is 1.18. The third-order valence-corrected chi connectivity index (χ3v) is 5.34. The van der Waals surface area contributed by atoms with Crippen LogP contribution in [0.5, 0.6) is 0 Å². The zero-order valence-electron chi connectivity index (χ0n) is 13.6. The van der Waals surface area contributed by atoms with Gasteiger partial charge in [0.25, 0.3) is 0 Å². The monoisotopic (exact) mass is 356 g/mol. The van der Waals surface area contributed by atoms with Gasteiger partial charge in [-0.25, -0.2) is 0 Å². The fourth-order valence-electron chi connectivity index (χ4n) is 3.46. The fourth-order valence-corrected chi connectivity index (χ4v) is 3.59. The van der Waals surface area contributed by atoms with E-state index in [2.05, 4.69) is 17.6 Å². The molecular weight excluding hydrogens is 331 g/mol. The molecule has 4 atom stereocenters. The smallest absolute Gasteiger partial charge is 0.220 e. The Morgan fingerprint density at radius 3 is 2.65 bits per heavy atom. The third-order valence-electron chi connectivity index (χ3n) is 5.09. The predicted octanol–water partition coefficient (Wildman–Crippen LogP) is 3.96. The molecule has 1 amide bonds. The summed E-state index contributed by atoms with van der Waals surface area (Å²) < 4.78 is 0. The topological polar surface area (TPSA) is 41.1 Å². The van der Waals surface area contributed by atoms with Crippen LogP contribution in [0.3, 0.4) is 0 Å².